The van der Waals surface area contributed by atoms with Gasteiger partial charge in [0.2, 0.25) is 30.2 Å². The lowest BCUT2D eigenvalue weighted by atomic mass is 9.95. The van der Waals surface area contributed by atoms with Crippen molar-refractivity contribution in [2.24, 2.45) is 29.4 Å². The van der Waals surface area contributed by atoms with Gasteiger partial charge in [0.1, 0.15) is 0 Å². The number of nitro benzene ring substituents is 3. The van der Waals surface area contributed by atoms with E-state index in [1.807, 2.05) is 55.1 Å². The second kappa shape index (κ2) is 81.7. The van der Waals surface area contributed by atoms with Gasteiger partial charge in [0, 0.05) is 135 Å². The molecule has 6 unspecified atom stereocenters. The number of carboxylic acids is 3. The molecule has 0 saturated carbocycles. The molecule has 0 radical (unpaired) electrons. The third-order valence-electron chi connectivity index (χ3n) is 17.7. The number of carbonyl (C=O) groups excluding carboxylic acids is 5. The fourth-order valence-electron chi connectivity index (χ4n) is 12.0. The lowest BCUT2D eigenvalue weighted by Gasteiger charge is -2.23. The normalized spacial score (nSPS) is 11.1. The predicted molar refractivity (Wildman–Crippen MR) is 497 cm³/mol. The molecule has 0 aliphatic carbocycles. The lowest BCUT2D eigenvalue weighted by Crippen LogP contribution is -2.33. The predicted octanol–water partition coefficient (Wildman–Crippen LogP) is 18.5. The van der Waals surface area contributed by atoms with Crippen molar-refractivity contribution >= 4 is 129 Å². The van der Waals surface area contributed by atoms with Gasteiger partial charge < -0.3 is 51.3 Å². The molecule has 12 N–H and O–H groups in total. The maximum Gasteiger partial charge on any atom is 0.307 e. The number of hydrogen-bond acceptors (Lipinski definition) is 24. The number of nitrogens with two attached hydrogens (primary N) is 1. The number of aliphatic hydroxyl groups excluding tert-OH is 2. The van der Waals surface area contributed by atoms with Crippen molar-refractivity contribution < 1.29 is 78.7 Å². The van der Waals surface area contributed by atoms with Gasteiger partial charge in [-0.3, -0.25) is 49.5 Å². The third kappa shape index (κ3) is 68.4. The highest BCUT2D eigenvalue weighted by Gasteiger charge is 2.20. The molecule has 0 aliphatic rings. The number of non-ortho nitro benzene ring substituents is 3. The number of nitrogens with zero attached hydrogens (tertiary/aromatic N) is 6. The fraction of sp³-hybridized carbons (Fsp3) is 0.511. The molecule has 694 valence electrons. The molecule has 0 aliphatic heterocycles. The number of rotatable bonds is 45. The number of benzene rings is 6. The summed E-state index contributed by atoms with van der Waals surface area (Å²) in [7, 11) is 0. The lowest BCUT2D eigenvalue weighted by molar-refractivity contribution is -0.385. The average molecular weight is 1830 g/mol. The second-order valence-corrected chi connectivity index (χ2v) is 30.1. The molecular weight excluding hydrogens is 1690 g/mol. The number of amides is 1. The highest BCUT2D eigenvalue weighted by molar-refractivity contribution is 6.19. The van der Waals surface area contributed by atoms with Crippen LogP contribution in [0.5, 0.6) is 0 Å². The number of nitro groups is 3. The summed E-state index contributed by atoms with van der Waals surface area (Å²) in [5.41, 5.74) is 15.0. The van der Waals surface area contributed by atoms with Crippen molar-refractivity contribution in [3.05, 3.63) is 209 Å². The summed E-state index contributed by atoms with van der Waals surface area (Å²) in [6, 6.07) is 43.8. The van der Waals surface area contributed by atoms with Crippen molar-refractivity contribution in [2.75, 3.05) is 90.7 Å². The Balaban J connectivity index is -0.000000445. The van der Waals surface area contributed by atoms with Crippen LogP contribution in [0.1, 0.15) is 180 Å². The minimum Gasteiger partial charge on any atom is -0.481 e. The van der Waals surface area contributed by atoms with Gasteiger partial charge in [0.05, 0.1) is 46.7 Å². The maximum absolute atomic E-state index is 11.7. The summed E-state index contributed by atoms with van der Waals surface area (Å²) >= 11 is 23.2. The topological polar surface area (TPSA) is 510 Å². The molecule has 0 heterocycles. The van der Waals surface area contributed by atoms with Crippen molar-refractivity contribution in [3.63, 3.8) is 0 Å². The Morgan fingerprint density at radius 1 is 0.400 bits per heavy atom. The van der Waals surface area contributed by atoms with E-state index < -0.39 is 33.7 Å². The Kier molecular flexibility index (Phi) is 80.3. The average Bonchev–Trinajstić information content (AvgIpc) is 0.962. The Labute approximate surface area is 756 Å². The van der Waals surface area contributed by atoms with E-state index in [0.29, 0.717) is 73.6 Å². The summed E-state index contributed by atoms with van der Waals surface area (Å²) in [6.45, 7) is 26.1. The minimum atomic E-state index is -0.982. The summed E-state index contributed by atoms with van der Waals surface area (Å²) in [6.07, 6.45) is 18.5. The molecule has 6 atom stereocenters. The number of halogens is 4. The number of hydrogen-bond donors (Lipinski definition) is 11. The van der Waals surface area contributed by atoms with Gasteiger partial charge in [-0.05, 0) is 146 Å². The van der Waals surface area contributed by atoms with Crippen molar-refractivity contribution in [1.29, 1.82) is 21.6 Å². The number of aliphatic hydroxyl groups is 2. The van der Waals surface area contributed by atoms with Crippen molar-refractivity contribution in [3.8, 4) is 0 Å². The second-order valence-electron chi connectivity index (χ2n) is 28.6. The van der Waals surface area contributed by atoms with E-state index in [2.05, 4.69) is 119 Å². The zero-order valence-electron chi connectivity index (χ0n) is 73.8. The van der Waals surface area contributed by atoms with Crippen molar-refractivity contribution in [2.45, 2.75) is 197 Å². The van der Waals surface area contributed by atoms with Gasteiger partial charge in [-0.25, -0.2) is 40.8 Å². The van der Waals surface area contributed by atoms with Gasteiger partial charge in [-0.15, -0.1) is 46.4 Å². The van der Waals surface area contributed by atoms with E-state index >= 15 is 0 Å². The van der Waals surface area contributed by atoms with Crippen LogP contribution in [0.3, 0.4) is 0 Å². The monoisotopic (exact) mass is 1820 g/mol. The van der Waals surface area contributed by atoms with Gasteiger partial charge >= 0.3 is 17.9 Å². The molecule has 0 aromatic heterocycles. The first-order chi connectivity index (χ1) is 59.6. The number of carbonyl (C=O) groups is 4. The molecule has 6 rings (SSSR count). The number of carboxylic acid groups (broad SMARTS) is 3. The number of alkyl halides is 4. The van der Waals surface area contributed by atoms with Gasteiger partial charge in [-0.1, -0.05) is 180 Å². The molecular formula is C90H132Cl4N12O19. The molecule has 0 fully saturated rings. The summed E-state index contributed by atoms with van der Waals surface area (Å²) in [5.74, 6) is 0.737. The molecule has 6 aromatic rings. The van der Waals surface area contributed by atoms with E-state index in [1.165, 1.54) is 110 Å². The summed E-state index contributed by atoms with van der Waals surface area (Å²) < 4.78 is 0. The molecule has 0 bridgehead atoms. The van der Waals surface area contributed by atoms with E-state index in [1.54, 1.807) is 24.3 Å². The van der Waals surface area contributed by atoms with E-state index in [0.717, 1.165) is 104 Å². The standard InChI is InChI=1S/C16H21Cl2NO4.C16H25Cl2N.C16H27NO2.C13H18N2O3.C12H17NO2.C8H7NO4.C5H13N.4CHNO/c17-7-9-19(10-8-18)14-4-1-12(2-5-14)11-13(16(22)23)3-6-15(20)21;1-3-4-14(2)13-15-5-7-16(8-6-15)19(11-9-17)12-10-18;1-3-4-14(2)13-15-5-7-16(8-6-15)17(9-11-18)10-12-19;1-3-4-10(2)14-13(16)9-11-5-7-12(8-6-11)15(17)18;1-3-4-10(2)9-11-5-7-12(8-6-11)13(14)15;10-8(11)5-6-1-3-7(4-2-6)9(12)13;1-3-4-5(2)6;4*2-1-3/h1-2,4-5,13H,3,6-11H2,(H,20,21)(H,22,23);5-8,14H,3-4,9-13H2,1-2H3;5-8,14,18-19H,3-4,9-13H2,1-2H3;5-8,10H,3-4,9H2,1-2H3,(H,14,16);5-8,10H,3-4,9H2,1-2H3;1-4H,5H2,(H,10,11);5H,3-4,6H2,1-2H3;4*2H. The van der Waals surface area contributed by atoms with Crippen LogP contribution in [0.2, 0.25) is 0 Å². The third-order valence-corrected chi connectivity index (χ3v) is 18.4. The summed E-state index contributed by atoms with van der Waals surface area (Å²) in [5, 5.41) is 100. The number of nitrogens with one attached hydrogen (secondary N) is 5. The molecule has 1 amide bonds. The Hall–Kier alpha value is -10.6. The van der Waals surface area contributed by atoms with Gasteiger partial charge in [0.15, 0.2) is 0 Å². The first-order valence-corrected chi connectivity index (χ1v) is 43.3. The molecule has 6 aromatic carbocycles. The molecule has 35 heteroatoms. The highest BCUT2D eigenvalue weighted by Crippen LogP contribution is 2.24. The zero-order valence-corrected chi connectivity index (χ0v) is 76.8. The first-order valence-electron chi connectivity index (χ1n) is 41.1. The fourth-order valence-corrected chi connectivity index (χ4v) is 12.9. The van der Waals surface area contributed by atoms with Crippen LogP contribution < -0.4 is 25.8 Å². The Bertz CT molecular complexity index is 3820. The van der Waals surface area contributed by atoms with Crippen LogP contribution in [0.4, 0.5) is 34.1 Å². The van der Waals surface area contributed by atoms with Crippen LogP contribution in [0.15, 0.2) is 146 Å². The minimum absolute atomic E-state index is 0.0332. The van der Waals surface area contributed by atoms with Crippen LogP contribution in [0.25, 0.3) is 0 Å². The number of isocyanates is 4. The molecule has 0 saturated heterocycles. The molecule has 0 spiro atoms. The number of aliphatic carboxylic acids is 3. The zero-order chi connectivity index (χ0) is 95.9. The largest absolute Gasteiger partial charge is 0.481 e. The first kappa shape index (κ1) is 123. The van der Waals surface area contributed by atoms with Gasteiger partial charge in [-0.2, -0.15) is 0 Å². The van der Waals surface area contributed by atoms with Crippen LogP contribution in [0, 0.1) is 75.7 Å². The molecule has 31 nitrogen and oxygen atoms in total. The SMILES string of the molecule is CCCC(C)Cc1ccc(N(CCCl)CCCl)cc1.CCCC(C)Cc1ccc(N(CCO)CCO)cc1.CCCC(C)Cc1ccc([N+](=O)[O-])cc1.CCCC(C)N.CCCC(C)NC(=O)Cc1ccc([N+](=O)[O-])cc1.N=C=O.N=C=O.N=C=O.N=C=O.O=C(O)CCC(Cc1ccc(N(CCCl)CCCl)cc1)C(=O)O.O=C(O)Cc1ccc([N+](=O)[O-])cc1. The highest BCUT2D eigenvalue weighted by atomic mass is 35.5. The Morgan fingerprint density at radius 3 is 0.880 bits per heavy atom. The molecule has 125 heavy (non-hydrogen) atoms. The quantitative estimate of drug-likeness (QED) is 0.00556. The van der Waals surface area contributed by atoms with Gasteiger partial charge in [0.25, 0.3) is 17.1 Å². The van der Waals surface area contributed by atoms with E-state index in [4.69, 9.17) is 113 Å². The van der Waals surface area contributed by atoms with Crippen LogP contribution in [-0.4, -0.2) is 177 Å². The summed E-state index contributed by atoms with van der Waals surface area (Å²) in [4.78, 5) is 113. The van der Waals surface area contributed by atoms with Crippen molar-refractivity contribution in [1.82, 2.24) is 5.32 Å². The number of anilines is 3. The van der Waals surface area contributed by atoms with E-state index in [9.17, 15) is 54.6 Å². The Morgan fingerprint density at radius 2 is 0.656 bits per heavy atom. The maximum atomic E-state index is 11.7. The van der Waals surface area contributed by atoms with Crippen LogP contribution in [-0.2, 0) is 76.9 Å². The smallest absolute Gasteiger partial charge is 0.307 e. The van der Waals surface area contributed by atoms with Crippen LogP contribution >= 0.6 is 46.4 Å². The van der Waals surface area contributed by atoms with E-state index in [-0.39, 0.29) is 72.8 Å².